The van der Waals surface area contributed by atoms with Crippen LogP contribution in [0.2, 0.25) is 0 Å². The molecule has 1 aliphatic rings. The average molecular weight is 236 g/mol. The van der Waals surface area contributed by atoms with E-state index in [4.69, 9.17) is 5.11 Å². The zero-order valence-corrected chi connectivity index (χ0v) is 9.54. The molecule has 0 amide bonds. The van der Waals surface area contributed by atoms with Crippen molar-refractivity contribution in [3.05, 3.63) is 0 Å². The molecule has 1 saturated carbocycles. The third kappa shape index (κ3) is 2.70. The number of hydrogen-bond acceptors (Lipinski definition) is 2. The zero-order valence-electron chi connectivity index (χ0n) is 9.54. The van der Waals surface area contributed by atoms with Gasteiger partial charge in [0.05, 0.1) is 0 Å². The number of carboxylic acid groups (broad SMARTS) is 1. The van der Waals surface area contributed by atoms with Gasteiger partial charge in [-0.05, 0) is 18.8 Å². The van der Waals surface area contributed by atoms with Crippen LogP contribution in [0.25, 0.3) is 0 Å². The Morgan fingerprint density at radius 1 is 1.38 bits per heavy atom. The van der Waals surface area contributed by atoms with Crippen molar-refractivity contribution in [2.75, 3.05) is 0 Å². The monoisotopic (exact) mass is 236 g/mol. The van der Waals surface area contributed by atoms with E-state index in [-0.39, 0.29) is 31.6 Å². The van der Waals surface area contributed by atoms with Crippen LogP contribution in [0.1, 0.15) is 39.5 Å². The van der Waals surface area contributed by atoms with Crippen molar-refractivity contribution in [1.29, 1.82) is 0 Å². The Morgan fingerprint density at radius 2 is 1.81 bits per heavy atom. The molecule has 3 nitrogen and oxygen atoms in total. The minimum Gasteiger partial charge on any atom is -0.479 e. The van der Waals surface area contributed by atoms with Crippen molar-refractivity contribution in [3.8, 4) is 0 Å². The Hall–Kier alpha value is -0.710. The molecule has 1 rings (SSSR count). The van der Waals surface area contributed by atoms with E-state index in [2.05, 4.69) is 0 Å². The Kier molecular flexibility index (Phi) is 3.57. The van der Waals surface area contributed by atoms with Gasteiger partial charge < -0.3 is 10.2 Å². The lowest BCUT2D eigenvalue weighted by Gasteiger charge is -2.40. The summed E-state index contributed by atoms with van der Waals surface area (Å²) in [5.74, 6) is -4.08. The van der Waals surface area contributed by atoms with Crippen molar-refractivity contribution >= 4 is 5.97 Å². The maximum absolute atomic E-state index is 12.9. The van der Waals surface area contributed by atoms with E-state index in [0.29, 0.717) is 0 Å². The van der Waals surface area contributed by atoms with Gasteiger partial charge in [0.1, 0.15) is 0 Å². The first-order chi connectivity index (χ1) is 7.17. The lowest BCUT2D eigenvalue weighted by Crippen LogP contribution is -2.44. The molecule has 0 aromatic heterocycles. The molecule has 0 aromatic carbocycles. The fourth-order valence-corrected chi connectivity index (χ4v) is 2.33. The van der Waals surface area contributed by atoms with Crippen molar-refractivity contribution in [3.63, 3.8) is 0 Å². The highest BCUT2D eigenvalue weighted by Crippen LogP contribution is 2.45. The molecule has 2 N–H and O–H groups in total. The quantitative estimate of drug-likeness (QED) is 0.790. The maximum Gasteiger partial charge on any atom is 0.333 e. The molecule has 0 bridgehead atoms. The van der Waals surface area contributed by atoms with Crippen LogP contribution in [0.4, 0.5) is 8.78 Å². The summed E-state index contributed by atoms with van der Waals surface area (Å²) >= 11 is 0. The Balaban J connectivity index is 2.68. The van der Waals surface area contributed by atoms with Gasteiger partial charge in [0.2, 0.25) is 5.92 Å². The van der Waals surface area contributed by atoms with Gasteiger partial charge in [0.15, 0.2) is 6.10 Å². The molecule has 1 atom stereocenters. The van der Waals surface area contributed by atoms with E-state index >= 15 is 0 Å². The summed E-state index contributed by atoms with van der Waals surface area (Å²) in [6, 6.07) is 0. The molecule has 0 aromatic rings. The summed E-state index contributed by atoms with van der Waals surface area (Å²) < 4.78 is 25.9. The molecule has 16 heavy (non-hydrogen) atoms. The Labute approximate surface area is 93.5 Å². The third-order valence-electron chi connectivity index (χ3n) is 3.71. The maximum atomic E-state index is 12.9. The van der Waals surface area contributed by atoms with Gasteiger partial charge in [0.25, 0.3) is 0 Å². The van der Waals surface area contributed by atoms with E-state index < -0.39 is 23.4 Å². The normalized spacial score (nSPS) is 24.1. The second-order valence-corrected chi connectivity index (χ2v) is 5.19. The zero-order chi connectivity index (χ0) is 12.6. The molecule has 0 saturated heterocycles. The first kappa shape index (κ1) is 13.4. The minimum atomic E-state index is -2.62. The fraction of sp³-hybridized carbons (Fsp3) is 0.909. The minimum absolute atomic E-state index is 0.168. The number of rotatable bonds is 3. The van der Waals surface area contributed by atoms with E-state index in [1.54, 1.807) is 13.8 Å². The standard InChI is InChI=1S/C11H18F2O3/c1-10(2,8(14)9(15)16)7-3-5-11(12,13)6-4-7/h7-8,14H,3-6H2,1-2H3,(H,15,16). The molecule has 0 spiro atoms. The van der Waals surface area contributed by atoms with Crippen molar-refractivity contribution in [1.82, 2.24) is 0 Å². The van der Waals surface area contributed by atoms with Crippen molar-refractivity contribution in [2.24, 2.45) is 11.3 Å². The molecular formula is C11H18F2O3. The van der Waals surface area contributed by atoms with Gasteiger partial charge in [-0.1, -0.05) is 13.8 Å². The largest absolute Gasteiger partial charge is 0.479 e. The van der Waals surface area contributed by atoms with Gasteiger partial charge in [-0.15, -0.1) is 0 Å². The number of aliphatic hydroxyl groups excluding tert-OH is 1. The number of carbonyl (C=O) groups is 1. The van der Waals surface area contributed by atoms with E-state index in [9.17, 15) is 18.7 Å². The van der Waals surface area contributed by atoms with Gasteiger partial charge in [-0.3, -0.25) is 0 Å². The predicted octanol–water partition coefficient (Wildman–Crippen LogP) is 2.28. The number of carboxylic acids is 1. The van der Waals surface area contributed by atoms with E-state index in [1.165, 1.54) is 0 Å². The number of alkyl halides is 2. The summed E-state index contributed by atoms with van der Waals surface area (Å²) in [6.07, 6.45) is -1.39. The van der Waals surface area contributed by atoms with Gasteiger partial charge in [-0.25, -0.2) is 13.6 Å². The van der Waals surface area contributed by atoms with Gasteiger partial charge in [-0.2, -0.15) is 0 Å². The van der Waals surface area contributed by atoms with Crippen LogP contribution in [0, 0.1) is 11.3 Å². The summed E-state index contributed by atoms with van der Waals surface area (Å²) in [4.78, 5) is 10.7. The Morgan fingerprint density at radius 3 is 2.19 bits per heavy atom. The number of hydrogen-bond donors (Lipinski definition) is 2. The van der Waals surface area contributed by atoms with Crippen LogP contribution in [0.5, 0.6) is 0 Å². The van der Waals surface area contributed by atoms with Crippen LogP contribution in [0.3, 0.4) is 0 Å². The van der Waals surface area contributed by atoms with Gasteiger partial charge >= 0.3 is 5.97 Å². The highest BCUT2D eigenvalue weighted by molar-refractivity contribution is 5.73. The summed E-state index contributed by atoms with van der Waals surface area (Å²) in [6.45, 7) is 3.25. The topological polar surface area (TPSA) is 57.5 Å². The molecule has 0 radical (unpaired) electrons. The van der Waals surface area contributed by atoms with Crippen LogP contribution in [0.15, 0.2) is 0 Å². The second-order valence-electron chi connectivity index (χ2n) is 5.19. The fourth-order valence-electron chi connectivity index (χ4n) is 2.33. The lowest BCUT2D eigenvalue weighted by atomic mass is 9.67. The van der Waals surface area contributed by atoms with E-state index in [1.807, 2.05) is 0 Å². The molecule has 94 valence electrons. The molecule has 0 aliphatic heterocycles. The SMILES string of the molecule is CC(C)(C1CCC(F)(F)CC1)C(O)C(=O)O. The van der Waals surface area contributed by atoms with Crippen LogP contribution in [-0.4, -0.2) is 28.2 Å². The molecule has 1 fully saturated rings. The second kappa shape index (κ2) is 4.28. The molecule has 5 heteroatoms. The van der Waals surface area contributed by atoms with Crippen molar-refractivity contribution in [2.45, 2.75) is 51.6 Å². The highest BCUT2D eigenvalue weighted by atomic mass is 19.3. The summed E-state index contributed by atoms with van der Waals surface area (Å²) in [7, 11) is 0. The smallest absolute Gasteiger partial charge is 0.333 e. The first-order valence-electron chi connectivity index (χ1n) is 5.45. The van der Waals surface area contributed by atoms with Crippen LogP contribution in [-0.2, 0) is 4.79 Å². The molecule has 1 unspecified atom stereocenters. The van der Waals surface area contributed by atoms with Crippen LogP contribution < -0.4 is 0 Å². The first-order valence-corrected chi connectivity index (χ1v) is 5.45. The third-order valence-corrected chi connectivity index (χ3v) is 3.71. The van der Waals surface area contributed by atoms with Crippen LogP contribution >= 0.6 is 0 Å². The number of halogens is 2. The lowest BCUT2D eigenvalue weighted by molar-refractivity contribution is -0.158. The summed E-state index contributed by atoms with van der Waals surface area (Å²) in [5.41, 5.74) is -0.859. The molecule has 0 heterocycles. The van der Waals surface area contributed by atoms with E-state index in [0.717, 1.165) is 0 Å². The highest BCUT2D eigenvalue weighted by Gasteiger charge is 2.45. The summed E-state index contributed by atoms with van der Waals surface area (Å²) in [5, 5.41) is 18.3. The number of aliphatic carboxylic acids is 1. The average Bonchev–Trinajstić information content (AvgIpc) is 2.15. The van der Waals surface area contributed by atoms with Crippen molar-refractivity contribution < 1.29 is 23.8 Å². The predicted molar refractivity (Wildman–Crippen MR) is 54.3 cm³/mol. The molecule has 1 aliphatic carbocycles. The Bertz CT molecular complexity index is 266. The van der Waals surface area contributed by atoms with Gasteiger partial charge in [0, 0.05) is 18.3 Å². The number of aliphatic hydroxyl groups is 1. The molecular weight excluding hydrogens is 218 g/mol.